The van der Waals surface area contributed by atoms with E-state index in [0.29, 0.717) is 12.0 Å². The molecule has 0 unspecified atom stereocenters. The van der Waals surface area contributed by atoms with Crippen LogP contribution in [-0.2, 0) is 6.42 Å². The first-order valence-corrected chi connectivity index (χ1v) is 5.29. The molecule has 0 radical (unpaired) electrons. The predicted octanol–water partition coefficient (Wildman–Crippen LogP) is 3.13. The monoisotopic (exact) mass is 232 g/mol. The molecular formula is C14H13FO2. The molecule has 1 N–H and O–H groups in total. The Hall–Kier alpha value is -2.03. The number of phenolic OH excluding ortho intramolecular Hbond substituents is 1. The van der Waals surface area contributed by atoms with Crippen LogP contribution in [0.3, 0.4) is 0 Å². The van der Waals surface area contributed by atoms with Crippen molar-refractivity contribution < 1.29 is 14.2 Å². The molecule has 0 aliphatic rings. The lowest BCUT2D eigenvalue weighted by atomic mass is 10.0. The summed E-state index contributed by atoms with van der Waals surface area (Å²) >= 11 is 0. The maximum atomic E-state index is 13.0. The Bertz CT molecular complexity index is 506. The van der Waals surface area contributed by atoms with Gasteiger partial charge in [-0.15, -0.1) is 0 Å². The summed E-state index contributed by atoms with van der Waals surface area (Å²) in [6.07, 6.45) is 0.494. The van der Waals surface area contributed by atoms with Crippen LogP contribution in [0, 0.1) is 5.82 Å². The van der Waals surface area contributed by atoms with E-state index < -0.39 is 0 Å². The van der Waals surface area contributed by atoms with E-state index in [0.717, 1.165) is 11.3 Å². The number of aromatic hydroxyl groups is 1. The van der Waals surface area contributed by atoms with E-state index in [2.05, 4.69) is 0 Å². The fourth-order valence-corrected chi connectivity index (χ4v) is 1.66. The predicted molar refractivity (Wildman–Crippen MR) is 63.9 cm³/mol. The number of methoxy groups -OCH3 is 1. The van der Waals surface area contributed by atoms with Gasteiger partial charge < -0.3 is 9.84 Å². The largest absolute Gasteiger partial charge is 0.508 e. The summed E-state index contributed by atoms with van der Waals surface area (Å²) in [7, 11) is 1.60. The molecule has 0 fully saturated rings. The van der Waals surface area contributed by atoms with Gasteiger partial charge in [0.05, 0.1) is 7.11 Å². The number of phenols is 1. The van der Waals surface area contributed by atoms with E-state index in [1.165, 1.54) is 18.2 Å². The first kappa shape index (κ1) is 11.5. The first-order valence-electron chi connectivity index (χ1n) is 5.29. The Morgan fingerprint density at radius 2 is 1.82 bits per heavy atom. The van der Waals surface area contributed by atoms with Crippen molar-refractivity contribution in [1.29, 1.82) is 0 Å². The molecule has 2 rings (SSSR count). The fourth-order valence-electron chi connectivity index (χ4n) is 1.66. The standard InChI is InChI=1S/C14H13FO2/c1-17-13-5-2-10(3-6-13)8-11-9-12(15)4-7-14(11)16/h2-7,9,16H,8H2,1H3. The molecule has 0 saturated heterocycles. The molecule has 0 atom stereocenters. The summed E-state index contributed by atoms with van der Waals surface area (Å²) < 4.78 is 18.1. The summed E-state index contributed by atoms with van der Waals surface area (Å²) in [6.45, 7) is 0. The molecule has 0 aromatic heterocycles. The summed E-state index contributed by atoms with van der Waals surface area (Å²) in [6, 6.07) is 11.4. The Morgan fingerprint density at radius 1 is 1.12 bits per heavy atom. The van der Waals surface area contributed by atoms with E-state index in [1.54, 1.807) is 7.11 Å². The highest BCUT2D eigenvalue weighted by Crippen LogP contribution is 2.22. The lowest BCUT2D eigenvalue weighted by Crippen LogP contribution is -1.91. The zero-order valence-corrected chi connectivity index (χ0v) is 9.48. The van der Waals surface area contributed by atoms with E-state index in [9.17, 15) is 9.50 Å². The first-order chi connectivity index (χ1) is 8.19. The number of ether oxygens (including phenoxy) is 1. The molecule has 0 saturated carbocycles. The molecular weight excluding hydrogens is 219 g/mol. The average Bonchev–Trinajstić information content (AvgIpc) is 2.35. The second-order valence-electron chi connectivity index (χ2n) is 3.80. The molecule has 0 bridgehead atoms. The third kappa shape index (κ3) is 2.75. The van der Waals surface area contributed by atoms with Crippen LogP contribution in [0.5, 0.6) is 11.5 Å². The van der Waals surface area contributed by atoms with Crippen LogP contribution in [0.1, 0.15) is 11.1 Å². The van der Waals surface area contributed by atoms with Gasteiger partial charge in [0.15, 0.2) is 0 Å². The Morgan fingerprint density at radius 3 is 2.47 bits per heavy atom. The van der Waals surface area contributed by atoms with Crippen LogP contribution in [0.2, 0.25) is 0 Å². The van der Waals surface area contributed by atoms with E-state index in [-0.39, 0.29) is 11.6 Å². The van der Waals surface area contributed by atoms with Gasteiger partial charge in [0.2, 0.25) is 0 Å². The summed E-state index contributed by atoms with van der Waals surface area (Å²) in [5, 5.41) is 9.61. The van der Waals surface area contributed by atoms with Crippen LogP contribution in [0.25, 0.3) is 0 Å². The van der Waals surface area contributed by atoms with Crippen LogP contribution in [-0.4, -0.2) is 12.2 Å². The van der Waals surface area contributed by atoms with Gasteiger partial charge in [0.25, 0.3) is 0 Å². The molecule has 0 heterocycles. The minimum absolute atomic E-state index is 0.113. The highest BCUT2D eigenvalue weighted by atomic mass is 19.1. The SMILES string of the molecule is COc1ccc(Cc2cc(F)ccc2O)cc1. The van der Waals surface area contributed by atoms with Gasteiger partial charge in [-0.05, 0) is 35.9 Å². The number of halogens is 1. The van der Waals surface area contributed by atoms with Crippen molar-refractivity contribution in [1.82, 2.24) is 0 Å². The lowest BCUT2D eigenvalue weighted by molar-refractivity contribution is 0.414. The van der Waals surface area contributed by atoms with Gasteiger partial charge >= 0.3 is 0 Å². The van der Waals surface area contributed by atoms with E-state index >= 15 is 0 Å². The topological polar surface area (TPSA) is 29.5 Å². The maximum absolute atomic E-state index is 13.0. The second kappa shape index (κ2) is 4.87. The van der Waals surface area contributed by atoms with Crippen molar-refractivity contribution in [3.8, 4) is 11.5 Å². The highest BCUT2D eigenvalue weighted by Gasteiger charge is 2.04. The van der Waals surface area contributed by atoms with Crippen molar-refractivity contribution >= 4 is 0 Å². The summed E-state index contributed by atoms with van der Waals surface area (Å²) in [5.41, 5.74) is 1.57. The molecule has 0 spiro atoms. The smallest absolute Gasteiger partial charge is 0.123 e. The molecule has 17 heavy (non-hydrogen) atoms. The van der Waals surface area contributed by atoms with E-state index in [1.807, 2.05) is 24.3 Å². The number of benzene rings is 2. The van der Waals surface area contributed by atoms with Crippen LogP contribution in [0.15, 0.2) is 42.5 Å². The molecule has 0 aliphatic carbocycles. The van der Waals surface area contributed by atoms with Crippen LogP contribution < -0.4 is 4.74 Å². The molecule has 2 nitrogen and oxygen atoms in total. The zero-order chi connectivity index (χ0) is 12.3. The quantitative estimate of drug-likeness (QED) is 0.881. The zero-order valence-electron chi connectivity index (χ0n) is 9.48. The van der Waals surface area contributed by atoms with Gasteiger partial charge in [0, 0.05) is 12.0 Å². The fraction of sp³-hybridized carbons (Fsp3) is 0.143. The average molecular weight is 232 g/mol. The van der Waals surface area contributed by atoms with Crippen molar-refractivity contribution in [2.24, 2.45) is 0 Å². The van der Waals surface area contributed by atoms with Crippen molar-refractivity contribution in [3.63, 3.8) is 0 Å². The minimum Gasteiger partial charge on any atom is -0.508 e. The highest BCUT2D eigenvalue weighted by molar-refractivity contribution is 5.38. The Kier molecular flexibility index (Phi) is 3.28. The van der Waals surface area contributed by atoms with Gasteiger partial charge in [-0.1, -0.05) is 12.1 Å². The second-order valence-corrected chi connectivity index (χ2v) is 3.80. The maximum Gasteiger partial charge on any atom is 0.123 e. The van der Waals surface area contributed by atoms with E-state index in [4.69, 9.17) is 4.74 Å². The number of rotatable bonds is 3. The Labute approximate surface area is 99.3 Å². The van der Waals surface area contributed by atoms with Crippen molar-refractivity contribution in [3.05, 3.63) is 59.4 Å². The third-order valence-electron chi connectivity index (χ3n) is 2.60. The molecule has 2 aromatic carbocycles. The summed E-state index contributed by atoms with van der Waals surface area (Å²) in [5.74, 6) is 0.547. The van der Waals surface area contributed by atoms with Gasteiger partial charge in [-0.2, -0.15) is 0 Å². The molecule has 2 aromatic rings. The van der Waals surface area contributed by atoms with Gasteiger partial charge in [0.1, 0.15) is 17.3 Å². The Balaban J connectivity index is 2.22. The molecule has 88 valence electrons. The minimum atomic E-state index is -0.341. The number of hydrogen-bond donors (Lipinski definition) is 1. The summed E-state index contributed by atoms with van der Waals surface area (Å²) in [4.78, 5) is 0. The molecule has 3 heteroatoms. The van der Waals surface area contributed by atoms with Crippen molar-refractivity contribution in [2.45, 2.75) is 6.42 Å². The molecule has 0 aliphatic heterocycles. The number of hydrogen-bond acceptors (Lipinski definition) is 2. The third-order valence-corrected chi connectivity index (χ3v) is 2.60. The van der Waals surface area contributed by atoms with Crippen LogP contribution in [0.4, 0.5) is 4.39 Å². The van der Waals surface area contributed by atoms with Crippen molar-refractivity contribution in [2.75, 3.05) is 7.11 Å². The van der Waals surface area contributed by atoms with Crippen LogP contribution >= 0.6 is 0 Å². The van der Waals surface area contributed by atoms with Gasteiger partial charge in [-0.25, -0.2) is 4.39 Å². The lowest BCUT2D eigenvalue weighted by Gasteiger charge is -2.06. The normalized spacial score (nSPS) is 10.2. The van der Waals surface area contributed by atoms with Gasteiger partial charge in [-0.3, -0.25) is 0 Å². The molecule has 0 amide bonds.